The summed E-state index contributed by atoms with van der Waals surface area (Å²) in [7, 11) is 0. The summed E-state index contributed by atoms with van der Waals surface area (Å²) in [5, 5.41) is 2.66. The maximum atomic E-state index is 11.0. The Morgan fingerprint density at radius 2 is 2.22 bits per heavy atom. The van der Waals surface area contributed by atoms with Crippen LogP contribution in [0, 0.1) is 13.8 Å². The van der Waals surface area contributed by atoms with Gasteiger partial charge in [-0.05, 0) is 37.1 Å². The summed E-state index contributed by atoms with van der Waals surface area (Å²) in [6, 6.07) is 4.21. The lowest BCUT2D eigenvalue weighted by Gasteiger charge is -2.10. The summed E-state index contributed by atoms with van der Waals surface area (Å²) in [6.45, 7) is 5.36. The second-order valence-electron chi connectivity index (χ2n) is 4.73. The summed E-state index contributed by atoms with van der Waals surface area (Å²) in [6.07, 6.45) is 1.35. The smallest absolute Gasteiger partial charge is 0.407 e. The molecule has 18 heavy (non-hydrogen) atoms. The number of cyclic esters (lactones) is 1. The first-order chi connectivity index (χ1) is 8.63. The van der Waals surface area contributed by atoms with Crippen molar-refractivity contribution in [3.8, 4) is 0 Å². The number of carbonyl (C=O) groups excluding carboxylic acids is 1. The lowest BCUT2D eigenvalue weighted by atomic mass is 10.1. The van der Waals surface area contributed by atoms with Crippen molar-refractivity contribution < 1.29 is 9.53 Å². The van der Waals surface area contributed by atoms with Gasteiger partial charge >= 0.3 is 6.09 Å². The van der Waals surface area contributed by atoms with Crippen LogP contribution in [0.5, 0.6) is 0 Å². The van der Waals surface area contributed by atoms with E-state index in [0.29, 0.717) is 13.1 Å². The molecule has 1 saturated heterocycles. The monoisotopic (exact) mass is 245 g/mol. The number of nitrogens with one attached hydrogen (secondary N) is 1. The number of imidazole rings is 1. The molecule has 1 atom stereocenters. The van der Waals surface area contributed by atoms with E-state index in [1.165, 1.54) is 11.1 Å². The molecule has 1 aromatic carbocycles. The topological polar surface area (TPSA) is 56.2 Å². The number of benzene rings is 1. The number of alkyl carbamates (subject to hydrolysis) is 1. The number of ether oxygens (including phenoxy) is 1. The van der Waals surface area contributed by atoms with Gasteiger partial charge in [-0.25, -0.2) is 9.78 Å². The minimum Gasteiger partial charge on any atom is -0.442 e. The van der Waals surface area contributed by atoms with E-state index in [9.17, 15) is 4.79 Å². The largest absolute Gasteiger partial charge is 0.442 e. The van der Waals surface area contributed by atoms with E-state index in [0.717, 1.165) is 11.0 Å². The number of carbonyl (C=O) groups is 1. The zero-order valence-electron chi connectivity index (χ0n) is 10.4. The van der Waals surface area contributed by atoms with Crippen molar-refractivity contribution in [2.24, 2.45) is 0 Å². The number of hydrogen-bond acceptors (Lipinski definition) is 3. The van der Waals surface area contributed by atoms with Crippen LogP contribution in [0.3, 0.4) is 0 Å². The highest BCUT2D eigenvalue weighted by Gasteiger charge is 2.23. The highest BCUT2D eigenvalue weighted by atomic mass is 16.6. The Bertz CT molecular complexity index is 618. The van der Waals surface area contributed by atoms with Gasteiger partial charge in [0.25, 0.3) is 0 Å². The maximum Gasteiger partial charge on any atom is 0.407 e. The molecule has 0 bridgehead atoms. The third kappa shape index (κ3) is 1.81. The van der Waals surface area contributed by atoms with E-state index in [2.05, 4.69) is 36.3 Å². The van der Waals surface area contributed by atoms with Crippen molar-refractivity contribution in [1.29, 1.82) is 0 Å². The third-order valence-electron chi connectivity index (χ3n) is 3.38. The van der Waals surface area contributed by atoms with E-state index < -0.39 is 0 Å². The Labute approximate surface area is 105 Å². The Kier molecular flexibility index (Phi) is 2.47. The number of nitrogens with zero attached hydrogens (tertiary/aromatic N) is 2. The van der Waals surface area contributed by atoms with Gasteiger partial charge in [0.2, 0.25) is 0 Å². The molecule has 94 valence electrons. The summed E-state index contributed by atoms with van der Waals surface area (Å²) >= 11 is 0. The Morgan fingerprint density at radius 3 is 2.94 bits per heavy atom. The van der Waals surface area contributed by atoms with E-state index >= 15 is 0 Å². The van der Waals surface area contributed by atoms with Gasteiger partial charge < -0.3 is 14.6 Å². The van der Waals surface area contributed by atoms with Gasteiger partial charge in [-0.1, -0.05) is 0 Å². The Hall–Kier alpha value is -2.04. The standard InChI is InChI=1S/C13H15N3O2/c1-8-3-11-12(4-9(8)2)16(7-15-11)6-10-5-14-13(17)18-10/h3-4,7,10H,5-6H2,1-2H3,(H,14,17). The van der Waals surface area contributed by atoms with Crippen molar-refractivity contribution in [1.82, 2.24) is 14.9 Å². The van der Waals surface area contributed by atoms with Crippen molar-refractivity contribution in [3.63, 3.8) is 0 Å². The quantitative estimate of drug-likeness (QED) is 0.877. The molecule has 1 fully saturated rings. The molecule has 2 aromatic rings. The first kappa shape index (κ1) is 11.1. The lowest BCUT2D eigenvalue weighted by Crippen LogP contribution is -2.20. The number of fused-ring (bicyclic) bond motifs is 1. The number of aromatic nitrogens is 2. The minimum atomic E-state index is -0.337. The SMILES string of the molecule is Cc1cc2ncn(CC3CNC(=O)O3)c2cc1C. The fourth-order valence-electron chi connectivity index (χ4n) is 2.21. The molecule has 5 heteroatoms. The molecule has 5 nitrogen and oxygen atoms in total. The molecule has 2 heterocycles. The first-order valence-corrected chi connectivity index (χ1v) is 6.00. The van der Waals surface area contributed by atoms with Crippen LogP contribution in [0.1, 0.15) is 11.1 Å². The molecule has 1 aliphatic heterocycles. The lowest BCUT2D eigenvalue weighted by molar-refractivity contribution is 0.131. The molecule has 0 aliphatic carbocycles. The summed E-state index contributed by atoms with van der Waals surface area (Å²) in [4.78, 5) is 15.4. The van der Waals surface area contributed by atoms with Crippen molar-refractivity contribution >= 4 is 17.1 Å². The molecule has 1 aliphatic rings. The average molecular weight is 245 g/mol. The zero-order valence-corrected chi connectivity index (χ0v) is 10.4. The van der Waals surface area contributed by atoms with Crippen LogP contribution >= 0.6 is 0 Å². The summed E-state index contributed by atoms with van der Waals surface area (Å²) in [5.41, 5.74) is 4.55. The van der Waals surface area contributed by atoms with E-state index in [4.69, 9.17) is 4.74 Å². The fourth-order valence-corrected chi connectivity index (χ4v) is 2.21. The van der Waals surface area contributed by atoms with E-state index in [1.54, 1.807) is 6.33 Å². The van der Waals surface area contributed by atoms with Gasteiger partial charge in [0.1, 0.15) is 6.10 Å². The molecule has 0 radical (unpaired) electrons. The summed E-state index contributed by atoms with van der Waals surface area (Å²) < 4.78 is 7.17. The normalized spacial score (nSPS) is 19.0. The van der Waals surface area contributed by atoms with Crippen LogP contribution in [0.4, 0.5) is 4.79 Å². The Balaban J connectivity index is 1.92. The van der Waals surface area contributed by atoms with Crippen LogP contribution in [-0.2, 0) is 11.3 Å². The molecular weight excluding hydrogens is 230 g/mol. The predicted octanol–water partition coefficient (Wildman–Crippen LogP) is 1.76. The van der Waals surface area contributed by atoms with Crippen LogP contribution in [0.15, 0.2) is 18.5 Å². The van der Waals surface area contributed by atoms with Gasteiger partial charge in [0, 0.05) is 0 Å². The van der Waals surface area contributed by atoms with Crippen molar-refractivity contribution in [3.05, 3.63) is 29.6 Å². The second kappa shape index (κ2) is 4.01. The molecule has 1 amide bonds. The minimum absolute atomic E-state index is 0.114. The van der Waals surface area contributed by atoms with Crippen LogP contribution in [0.25, 0.3) is 11.0 Å². The van der Waals surface area contributed by atoms with Crippen LogP contribution in [0.2, 0.25) is 0 Å². The molecule has 3 rings (SSSR count). The van der Waals surface area contributed by atoms with Crippen LogP contribution in [-0.4, -0.2) is 28.3 Å². The second-order valence-corrected chi connectivity index (χ2v) is 4.73. The average Bonchev–Trinajstić information content (AvgIpc) is 2.89. The fraction of sp³-hybridized carbons (Fsp3) is 0.385. The zero-order chi connectivity index (χ0) is 12.7. The van der Waals surface area contributed by atoms with Gasteiger partial charge in [-0.3, -0.25) is 0 Å². The number of aryl methyl sites for hydroxylation is 2. The molecule has 1 N–H and O–H groups in total. The Morgan fingerprint density at radius 1 is 1.44 bits per heavy atom. The predicted molar refractivity (Wildman–Crippen MR) is 67.5 cm³/mol. The highest BCUT2D eigenvalue weighted by molar-refractivity contribution is 5.77. The van der Waals surface area contributed by atoms with E-state index in [1.807, 2.05) is 4.57 Å². The molecule has 1 aromatic heterocycles. The van der Waals surface area contributed by atoms with Crippen LogP contribution < -0.4 is 5.32 Å². The van der Waals surface area contributed by atoms with Gasteiger partial charge in [0.15, 0.2) is 0 Å². The van der Waals surface area contributed by atoms with E-state index in [-0.39, 0.29) is 12.2 Å². The molecular formula is C13H15N3O2. The first-order valence-electron chi connectivity index (χ1n) is 6.00. The van der Waals surface area contributed by atoms with Gasteiger partial charge in [0.05, 0.1) is 30.5 Å². The van der Waals surface area contributed by atoms with Crippen molar-refractivity contribution in [2.75, 3.05) is 6.54 Å². The maximum absolute atomic E-state index is 11.0. The molecule has 0 saturated carbocycles. The highest BCUT2D eigenvalue weighted by Crippen LogP contribution is 2.19. The number of hydrogen-bond donors (Lipinski definition) is 1. The molecule has 1 unspecified atom stereocenters. The van der Waals surface area contributed by atoms with Gasteiger partial charge in [-0.2, -0.15) is 0 Å². The summed E-state index contributed by atoms with van der Waals surface area (Å²) in [5.74, 6) is 0. The molecule has 0 spiro atoms. The third-order valence-corrected chi connectivity index (χ3v) is 3.38. The van der Waals surface area contributed by atoms with Gasteiger partial charge in [-0.15, -0.1) is 0 Å². The number of rotatable bonds is 2. The van der Waals surface area contributed by atoms with Crippen molar-refractivity contribution in [2.45, 2.75) is 26.5 Å². The number of amides is 1.